The van der Waals surface area contributed by atoms with Gasteiger partial charge in [0.2, 0.25) is 5.95 Å². The highest BCUT2D eigenvalue weighted by Crippen LogP contribution is 2.27. The van der Waals surface area contributed by atoms with E-state index in [1.54, 1.807) is 0 Å². The fraction of sp³-hybridized carbons (Fsp3) is 0.706. The van der Waals surface area contributed by atoms with Crippen molar-refractivity contribution in [2.75, 3.05) is 38.0 Å². The van der Waals surface area contributed by atoms with Crippen molar-refractivity contribution in [3.8, 4) is 0 Å². The summed E-state index contributed by atoms with van der Waals surface area (Å²) < 4.78 is 2.34. The lowest BCUT2D eigenvalue weighted by Gasteiger charge is -2.33. The Hall–Kier alpha value is -2.18. The summed E-state index contributed by atoms with van der Waals surface area (Å²) in [5, 5.41) is 7.57. The van der Waals surface area contributed by atoms with Crippen LogP contribution in [0.25, 0.3) is 11.0 Å². The number of likely N-dealkylation sites (tertiary alicyclic amines) is 1. The molecule has 0 amide bonds. The van der Waals surface area contributed by atoms with Crippen molar-refractivity contribution in [1.29, 1.82) is 0 Å². The Morgan fingerprint density at radius 3 is 2.50 bits per heavy atom. The van der Waals surface area contributed by atoms with E-state index in [-0.39, 0.29) is 0 Å². The zero-order chi connectivity index (χ0) is 29.1. The summed E-state index contributed by atoms with van der Waals surface area (Å²) >= 11 is 0. The van der Waals surface area contributed by atoms with E-state index in [0.29, 0.717) is 11.5 Å². The maximum absolute atomic E-state index is 5.01. The summed E-state index contributed by atoms with van der Waals surface area (Å²) in [7, 11) is 0. The zero-order valence-electron chi connectivity index (χ0n) is 26.9. The molecule has 2 aromatic rings. The predicted octanol–water partition coefficient (Wildman–Crippen LogP) is 7.91. The lowest BCUT2D eigenvalue weighted by atomic mass is 9.86. The molecule has 4 rings (SSSR count). The van der Waals surface area contributed by atoms with Crippen molar-refractivity contribution in [1.82, 2.24) is 19.8 Å². The molecule has 3 heterocycles. The van der Waals surface area contributed by atoms with Crippen molar-refractivity contribution >= 4 is 22.7 Å². The van der Waals surface area contributed by atoms with Crippen LogP contribution < -0.4 is 10.6 Å². The molecule has 0 unspecified atom stereocenters. The molecule has 224 valence electrons. The van der Waals surface area contributed by atoms with E-state index in [4.69, 9.17) is 9.98 Å². The van der Waals surface area contributed by atoms with Crippen molar-refractivity contribution in [2.45, 2.75) is 113 Å². The molecule has 0 radical (unpaired) electrons. The van der Waals surface area contributed by atoms with Crippen LogP contribution in [0.2, 0.25) is 0 Å². The number of rotatable bonds is 13. The first-order valence-corrected chi connectivity index (χ1v) is 16.1. The van der Waals surface area contributed by atoms with E-state index < -0.39 is 0 Å². The first-order chi connectivity index (χ1) is 19.2. The van der Waals surface area contributed by atoms with E-state index in [1.807, 2.05) is 13.8 Å². The van der Waals surface area contributed by atoms with Crippen LogP contribution in [-0.4, -0.2) is 58.9 Å². The van der Waals surface area contributed by atoms with Crippen LogP contribution in [0, 0.1) is 11.3 Å². The highest BCUT2D eigenvalue weighted by atomic mass is 15.2. The quantitative estimate of drug-likeness (QED) is 0.249. The fourth-order valence-electron chi connectivity index (χ4n) is 5.78. The van der Waals surface area contributed by atoms with Gasteiger partial charge in [-0.2, -0.15) is 0 Å². The third-order valence-corrected chi connectivity index (χ3v) is 8.41. The van der Waals surface area contributed by atoms with Crippen LogP contribution in [-0.2, 0) is 6.54 Å². The molecule has 0 spiro atoms. The standard InChI is InChI=1S/C32H52N6.C2H6/c1-24(2)10-9-17-32(5,6)23-33-18-21-37-19-15-27(16-20-37)35-31-36-28-11-7-8-12-30(28)38(31)22-29-25(3)13-14-26(4)34-29;1-2/h7-8,11-12,24,27,33H,9-10,13-23H2,1-6H3,(H,35,36);1-2H3. The number of benzene rings is 1. The zero-order valence-corrected chi connectivity index (χ0v) is 26.9. The summed E-state index contributed by atoms with van der Waals surface area (Å²) in [5.74, 6) is 1.80. The summed E-state index contributed by atoms with van der Waals surface area (Å²) in [6.45, 7) is 24.2. The molecule has 0 aliphatic carbocycles. The molecule has 0 atom stereocenters. The summed E-state index contributed by atoms with van der Waals surface area (Å²) in [6, 6.07) is 8.95. The number of fused-ring (bicyclic) bond motifs is 1. The Labute approximate surface area is 245 Å². The van der Waals surface area contributed by atoms with Crippen molar-refractivity contribution in [2.24, 2.45) is 16.3 Å². The topological polar surface area (TPSA) is 57.5 Å². The lowest BCUT2D eigenvalue weighted by Crippen LogP contribution is -2.43. The van der Waals surface area contributed by atoms with Crippen LogP contribution in [0.3, 0.4) is 0 Å². The van der Waals surface area contributed by atoms with Crippen LogP contribution >= 0.6 is 0 Å². The van der Waals surface area contributed by atoms with Gasteiger partial charge in [-0.15, -0.1) is 0 Å². The number of nitrogens with one attached hydrogen (secondary N) is 2. The van der Waals surface area contributed by atoms with Gasteiger partial charge in [0.15, 0.2) is 0 Å². The van der Waals surface area contributed by atoms with Gasteiger partial charge in [0.05, 0.1) is 23.3 Å². The average molecular weight is 551 g/mol. The summed E-state index contributed by atoms with van der Waals surface area (Å²) in [6.07, 6.45) is 8.49. The largest absolute Gasteiger partial charge is 0.353 e. The number of aromatic nitrogens is 2. The van der Waals surface area contributed by atoms with Crippen molar-refractivity contribution in [3.63, 3.8) is 0 Å². The Bertz CT molecular complexity index is 1100. The number of hydrogen-bond donors (Lipinski definition) is 2. The Morgan fingerprint density at radius 1 is 1.05 bits per heavy atom. The van der Waals surface area contributed by atoms with Crippen LogP contribution in [0.15, 0.2) is 40.5 Å². The van der Waals surface area contributed by atoms with E-state index in [2.05, 4.69) is 85.9 Å². The minimum Gasteiger partial charge on any atom is -0.353 e. The Morgan fingerprint density at radius 2 is 1.77 bits per heavy atom. The molecule has 2 N–H and O–H groups in total. The minimum atomic E-state index is 0.382. The van der Waals surface area contributed by atoms with Gasteiger partial charge in [-0.1, -0.05) is 66.5 Å². The van der Waals surface area contributed by atoms with E-state index >= 15 is 0 Å². The fourth-order valence-corrected chi connectivity index (χ4v) is 5.78. The van der Waals surface area contributed by atoms with Gasteiger partial charge >= 0.3 is 0 Å². The molecule has 2 aliphatic heterocycles. The molecule has 0 bridgehead atoms. The first-order valence-electron chi connectivity index (χ1n) is 16.1. The second-order valence-corrected chi connectivity index (χ2v) is 13.0. The smallest absolute Gasteiger partial charge is 0.204 e. The number of imidazole rings is 1. The molecular formula is C34H58N6. The number of aliphatic imine (C=N–C) groups is 1. The number of para-hydroxylation sites is 2. The second kappa shape index (κ2) is 15.7. The Kier molecular flexibility index (Phi) is 12.7. The van der Waals surface area contributed by atoms with Crippen LogP contribution in [0.4, 0.5) is 5.95 Å². The molecule has 6 nitrogen and oxygen atoms in total. The highest BCUT2D eigenvalue weighted by molar-refractivity contribution is 5.84. The predicted molar refractivity (Wildman–Crippen MR) is 175 cm³/mol. The average Bonchev–Trinajstić information content (AvgIpc) is 3.27. The molecule has 6 heteroatoms. The second-order valence-electron chi connectivity index (χ2n) is 13.0. The third kappa shape index (κ3) is 9.73. The third-order valence-electron chi connectivity index (χ3n) is 8.41. The SMILES string of the molecule is CC.CC1=NC(Cn2c(NC3CCN(CCNCC(C)(C)CCCC(C)C)CC3)nc3ccccc32)=C(C)CC1. The van der Waals surface area contributed by atoms with Gasteiger partial charge in [0, 0.05) is 44.5 Å². The number of hydrogen-bond acceptors (Lipinski definition) is 5. The molecule has 2 aliphatic rings. The number of nitrogens with zero attached hydrogens (tertiary/aromatic N) is 4. The number of piperidine rings is 1. The highest BCUT2D eigenvalue weighted by Gasteiger charge is 2.23. The summed E-state index contributed by atoms with van der Waals surface area (Å²) in [4.78, 5) is 12.5. The van der Waals surface area contributed by atoms with E-state index in [9.17, 15) is 0 Å². The van der Waals surface area contributed by atoms with E-state index in [1.165, 1.54) is 41.8 Å². The first kappa shape index (κ1) is 32.3. The number of anilines is 1. The van der Waals surface area contributed by atoms with Gasteiger partial charge < -0.3 is 20.1 Å². The Balaban J connectivity index is 0.00000216. The monoisotopic (exact) mass is 550 g/mol. The molecule has 1 aromatic heterocycles. The maximum atomic E-state index is 5.01. The molecule has 40 heavy (non-hydrogen) atoms. The van der Waals surface area contributed by atoms with Gasteiger partial charge in [-0.05, 0) is 75.0 Å². The number of allylic oxidation sites excluding steroid dienone is 2. The minimum absolute atomic E-state index is 0.382. The molecular weight excluding hydrogens is 492 g/mol. The maximum Gasteiger partial charge on any atom is 0.204 e. The molecule has 1 fully saturated rings. The van der Waals surface area contributed by atoms with E-state index in [0.717, 1.165) is 82.3 Å². The lowest BCUT2D eigenvalue weighted by molar-refractivity contribution is 0.213. The molecule has 0 saturated carbocycles. The van der Waals surface area contributed by atoms with Gasteiger partial charge in [0.1, 0.15) is 0 Å². The summed E-state index contributed by atoms with van der Waals surface area (Å²) in [5.41, 5.74) is 6.46. The van der Waals surface area contributed by atoms with Crippen molar-refractivity contribution < 1.29 is 0 Å². The van der Waals surface area contributed by atoms with Gasteiger partial charge in [-0.25, -0.2) is 4.98 Å². The van der Waals surface area contributed by atoms with Crippen molar-refractivity contribution in [3.05, 3.63) is 35.5 Å². The van der Waals surface area contributed by atoms with Gasteiger partial charge in [-0.3, -0.25) is 4.99 Å². The van der Waals surface area contributed by atoms with Crippen LogP contribution in [0.5, 0.6) is 0 Å². The normalized spacial score (nSPS) is 17.3. The molecule has 1 saturated heterocycles. The van der Waals surface area contributed by atoms with Crippen LogP contribution in [0.1, 0.15) is 100 Å². The van der Waals surface area contributed by atoms with Gasteiger partial charge in [0.25, 0.3) is 0 Å². The molecule has 1 aromatic carbocycles.